The van der Waals surface area contributed by atoms with E-state index in [1.165, 1.54) is 0 Å². The highest BCUT2D eigenvalue weighted by Crippen LogP contribution is 2.42. The van der Waals surface area contributed by atoms with Crippen LogP contribution in [-0.4, -0.2) is 26.2 Å². The van der Waals surface area contributed by atoms with Crippen LogP contribution >= 0.6 is 11.6 Å². The summed E-state index contributed by atoms with van der Waals surface area (Å²) < 4.78 is 7.68. The Morgan fingerprint density at radius 1 is 1.12 bits per heavy atom. The highest BCUT2D eigenvalue weighted by molar-refractivity contribution is 6.30. The Bertz CT molecular complexity index is 1380. The number of ketones is 1. The van der Waals surface area contributed by atoms with Crippen molar-refractivity contribution in [1.82, 2.24) is 14.7 Å². The summed E-state index contributed by atoms with van der Waals surface area (Å²) in [5.41, 5.74) is 7.16. The lowest BCUT2D eigenvalue weighted by Crippen LogP contribution is -2.09. The molecule has 0 spiro atoms. The molecule has 2 aromatic heterocycles. The normalized spacial score (nSPS) is 14.9. The molecule has 7 heteroatoms. The van der Waals surface area contributed by atoms with Crippen molar-refractivity contribution < 1.29 is 9.32 Å². The predicted octanol–water partition coefficient (Wildman–Crippen LogP) is 5.97. The summed E-state index contributed by atoms with van der Waals surface area (Å²) >= 11 is 6.16. The minimum atomic E-state index is -0.454. The second-order valence-electron chi connectivity index (χ2n) is 8.29. The SMILES string of the molecule is CCC(=O)C[C@@H]1N=C(c2ccc(Cl)cc2)c2cc(-c3cn(C)cn3)ccc2-c2c(C)noc21. The maximum Gasteiger partial charge on any atom is 0.169 e. The predicted molar refractivity (Wildman–Crippen MR) is 129 cm³/mol. The Morgan fingerprint density at radius 3 is 2.58 bits per heavy atom. The second-order valence-corrected chi connectivity index (χ2v) is 8.73. The summed E-state index contributed by atoms with van der Waals surface area (Å²) in [7, 11) is 1.95. The van der Waals surface area contributed by atoms with Crippen LogP contribution < -0.4 is 0 Å². The number of benzene rings is 2. The molecule has 1 aliphatic heterocycles. The van der Waals surface area contributed by atoms with Crippen LogP contribution in [0.15, 0.2) is 64.5 Å². The van der Waals surface area contributed by atoms with E-state index in [0.29, 0.717) is 17.2 Å². The molecule has 1 aliphatic rings. The topological polar surface area (TPSA) is 73.3 Å². The highest BCUT2D eigenvalue weighted by atomic mass is 35.5. The van der Waals surface area contributed by atoms with Gasteiger partial charge < -0.3 is 9.09 Å². The second kappa shape index (κ2) is 8.45. The molecule has 4 aromatic rings. The minimum absolute atomic E-state index is 0.124. The number of carbonyl (C=O) groups excluding carboxylic acids is 1. The van der Waals surface area contributed by atoms with Gasteiger partial charge in [-0.3, -0.25) is 9.79 Å². The Hall–Kier alpha value is -3.51. The average Bonchev–Trinajstić information content (AvgIpc) is 3.39. The Balaban J connectivity index is 1.77. The molecule has 0 unspecified atom stereocenters. The van der Waals surface area contributed by atoms with Gasteiger partial charge in [0.1, 0.15) is 11.8 Å². The third-order valence-electron chi connectivity index (χ3n) is 5.95. The van der Waals surface area contributed by atoms with Gasteiger partial charge in [0.15, 0.2) is 5.76 Å². The number of rotatable bonds is 5. The smallest absolute Gasteiger partial charge is 0.169 e. The molecule has 0 fully saturated rings. The molecule has 3 heterocycles. The van der Waals surface area contributed by atoms with E-state index in [2.05, 4.69) is 22.3 Å². The van der Waals surface area contributed by atoms with Crippen LogP contribution in [0.25, 0.3) is 22.4 Å². The number of aliphatic imine (C=N–C) groups is 1. The van der Waals surface area contributed by atoms with Crippen molar-refractivity contribution in [1.29, 1.82) is 0 Å². The van der Waals surface area contributed by atoms with E-state index >= 15 is 0 Å². The summed E-state index contributed by atoms with van der Waals surface area (Å²) in [5, 5.41) is 4.88. The molecule has 166 valence electrons. The van der Waals surface area contributed by atoms with Crippen LogP contribution in [0.1, 0.15) is 48.4 Å². The van der Waals surface area contributed by atoms with Gasteiger partial charge in [0.05, 0.1) is 29.0 Å². The summed E-state index contributed by atoms with van der Waals surface area (Å²) in [4.78, 5) is 22.1. The quantitative estimate of drug-likeness (QED) is 0.369. The zero-order chi connectivity index (χ0) is 23.1. The number of fused-ring (bicyclic) bond motifs is 3. The Labute approximate surface area is 196 Å². The van der Waals surface area contributed by atoms with E-state index in [9.17, 15) is 4.79 Å². The van der Waals surface area contributed by atoms with Gasteiger partial charge in [0.2, 0.25) is 0 Å². The molecule has 0 aliphatic carbocycles. The fraction of sp³-hybridized carbons (Fsp3) is 0.231. The summed E-state index contributed by atoms with van der Waals surface area (Å²) in [6.07, 6.45) is 4.47. The van der Waals surface area contributed by atoms with E-state index in [1.54, 1.807) is 6.33 Å². The summed E-state index contributed by atoms with van der Waals surface area (Å²) in [6, 6.07) is 13.4. The number of aryl methyl sites for hydroxylation is 2. The first kappa shape index (κ1) is 21.3. The van der Waals surface area contributed by atoms with Crippen LogP contribution in [-0.2, 0) is 11.8 Å². The first-order valence-corrected chi connectivity index (χ1v) is 11.3. The van der Waals surface area contributed by atoms with Crippen molar-refractivity contribution >= 4 is 23.1 Å². The number of aromatic nitrogens is 3. The van der Waals surface area contributed by atoms with Crippen molar-refractivity contribution in [3.63, 3.8) is 0 Å². The van der Waals surface area contributed by atoms with Crippen molar-refractivity contribution in [3.8, 4) is 22.4 Å². The van der Waals surface area contributed by atoms with Gasteiger partial charge in [-0.1, -0.05) is 47.9 Å². The largest absolute Gasteiger partial charge is 0.358 e. The lowest BCUT2D eigenvalue weighted by Gasteiger charge is -2.13. The number of Topliss-reactive ketones (excluding diaryl/α,β-unsaturated/α-hetero) is 1. The van der Waals surface area contributed by atoms with E-state index in [0.717, 1.165) is 44.9 Å². The fourth-order valence-corrected chi connectivity index (χ4v) is 4.37. The highest BCUT2D eigenvalue weighted by Gasteiger charge is 2.31. The molecular weight excluding hydrogens is 436 g/mol. The number of hydrogen-bond acceptors (Lipinski definition) is 5. The van der Waals surface area contributed by atoms with Crippen LogP contribution in [0, 0.1) is 6.92 Å². The van der Waals surface area contributed by atoms with Gasteiger partial charge in [0, 0.05) is 47.8 Å². The molecule has 0 radical (unpaired) electrons. The molecule has 5 rings (SSSR count). The molecule has 1 atom stereocenters. The lowest BCUT2D eigenvalue weighted by molar-refractivity contribution is -0.119. The molecule has 0 bridgehead atoms. The number of carbonyl (C=O) groups is 1. The standard InChI is InChI=1S/C26H23ClN4O2/c1-4-19(32)12-22-26-24(15(2)30-33-26)20-10-7-17(23-13-31(3)14-28-23)11-21(20)25(29-22)16-5-8-18(27)9-6-16/h5-11,13-14,22H,4,12H2,1-3H3/t22-/m0/s1. The van der Waals surface area contributed by atoms with E-state index < -0.39 is 6.04 Å². The maximum absolute atomic E-state index is 12.5. The van der Waals surface area contributed by atoms with Crippen LogP contribution in [0.5, 0.6) is 0 Å². The van der Waals surface area contributed by atoms with Crippen molar-refractivity contribution in [2.24, 2.45) is 12.0 Å². The van der Waals surface area contributed by atoms with E-state index in [1.807, 2.05) is 62.0 Å². The van der Waals surface area contributed by atoms with Crippen molar-refractivity contribution in [2.45, 2.75) is 32.7 Å². The third kappa shape index (κ3) is 3.91. The Morgan fingerprint density at radius 2 is 1.88 bits per heavy atom. The van der Waals surface area contributed by atoms with Gasteiger partial charge >= 0.3 is 0 Å². The third-order valence-corrected chi connectivity index (χ3v) is 6.21. The minimum Gasteiger partial charge on any atom is -0.358 e. The molecule has 0 saturated carbocycles. The van der Waals surface area contributed by atoms with Gasteiger partial charge in [-0.2, -0.15) is 0 Å². The molecule has 0 saturated heterocycles. The van der Waals surface area contributed by atoms with Crippen molar-refractivity contribution in [3.05, 3.63) is 82.6 Å². The molecular formula is C26H23ClN4O2. The number of halogens is 1. The zero-order valence-corrected chi connectivity index (χ0v) is 19.4. The lowest BCUT2D eigenvalue weighted by atomic mass is 9.90. The van der Waals surface area contributed by atoms with E-state index in [-0.39, 0.29) is 12.2 Å². The average molecular weight is 459 g/mol. The molecule has 33 heavy (non-hydrogen) atoms. The molecule has 0 amide bonds. The van der Waals surface area contributed by atoms with Crippen molar-refractivity contribution in [2.75, 3.05) is 0 Å². The molecule has 6 nitrogen and oxygen atoms in total. The van der Waals surface area contributed by atoms with E-state index in [4.69, 9.17) is 21.1 Å². The molecule has 2 aromatic carbocycles. The van der Waals surface area contributed by atoms with Gasteiger partial charge in [-0.05, 0) is 30.7 Å². The summed E-state index contributed by atoms with van der Waals surface area (Å²) in [5.74, 6) is 0.754. The monoisotopic (exact) mass is 458 g/mol. The van der Waals surface area contributed by atoms with Gasteiger partial charge in [0.25, 0.3) is 0 Å². The van der Waals surface area contributed by atoms with Crippen LogP contribution in [0.3, 0.4) is 0 Å². The van der Waals surface area contributed by atoms with Crippen LogP contribution in [0.4, 0.5) is 0 Å². The Kier molecular flexibility index (Phi) is 5.46. The number of imidazole rings is 1. The fourth-order valence-electron chi connectivity index (χ4n) is 4.24. The zero-order valence-electron chi connectivity index (χ0n) is 18.7. The first-order chi connectivity index (χ1) is 15.9. The molecule has 0 N–H and O–H groups in total. The first-order valence-electron chi connectivity index (χ1n) is 10.9. The van der Waals surface area contributed by atoms with Crippen LogP contribution in [0.2, 0.25) is 5.02 Å². The van der Waals surface area contributed by atoms with Gasteiger partial charge in [-0.25, -0.2) is 4.98 Å². The van der Waals surface area contributed by atoms with Gasteiger partial charge in [-0.15, -0.1) is 0 Å². The number of hydrogen-bond donors (Lipinski definition) is 0. The maximum atomic E-state index is 12.5. The number of nitrogens with zero attached hydrogens (tertiary/aromatic N) is 4. The summed E-state index contributed by atoms with van der Waals surface area (Å²) in [6.45, 7) is 3.79.